The van der Waals surface area contributed by atoms with E-state index in [0.29, 0.717) is 25.7 Å². The molecule has 1 aromatic carbocycles. The van der Waals surface area contributed by atoms with E-state index in [9.17, 15) is 14.4 Å². The lowest BCUT2D eigenvalue weighted by Gasteiger charge is -2.45. The lowest BCUT2D eigenvalue weighted by Crippen LogP contribution is -2.63. The van der Waals surface area contributed by atoms with Gasteiger partial charge in [0.2, 0.25) is 17.8 Å². The maximum atomic E-state index is 14.1. The molecule has 1 saturated carbocycles. The minimum absolute atomic E-state index is 0.0686. The molecule has 10 heteroatoms. The molecular weight excluding hydrogens is 558 g/mol. The number of nitrogens with zero attached hydrogens (tertiary/aromatic N) is 3. The molecule has 10 nitrogen and oxygen atoms in total. The summed E-state index contributed by atoms with van der Waals surface area (Å²) in [5.41, 5.74) is 0.00290. The third kappa shape index (κ3) is 6.74. The molecule has 2 N–H and O–H groups in total. The van der Waals surface area contributed by atoms with Crippen LogP contribution in [0.3, 0.4) is 0 Å². The van der Waals surface area contributed by atoms with Crippen LogP contribution >= 0.6 is 0 Å². The zero-order valence-electron chi connectivity index (χ0n) is 26.8. The third-order valence-electron chi connectivity index (χ3n) is 8.89. The Balaban J connectivity index is 1.46. The number of hydrogen-bond donors (Lipinski definition) is 2. The molecule has 3 heterocycles. The van der Waals surface area contributed by atoms with Crippen LogP contribution < -0.4 is 15.4 Å². The summed E-state index contributed by atoms with van der Waals surface area (Å²) in [6.07, 6.45) is 5.41. The second-order valence-corrected chi connectivity index (χ2v) is 13.9. The fraction of sp³-hybridized carbons (Fsp3) is 0.559. The van der Waals surface area contributed by atoms with Gasteiger partial charge in [0.15, 0.2) is 0 Å². The number of benzene rings is 1. The van der Waals surface area contributed by atoms with E-state index in [0.717, 1.165) is 16.9 Å². The minimum atomic E-state index is -0.781. The van der Waals surface area contributed by atoms with Gasteiger partial charge in [0.05, 0.1) is 18.5 Å². The molecule has 0 spiro atoms. The van der Waals surface area contributed by atoms with Gasteiger partial charge in [-0.1, -0.05) is 38.1 Å². The lowest BCUT2D eigenvalue weighted by molar-refractivity contribution is -0.133. The molecule has 3 aliphatic rings. The van der Waals surface area contributed by atoms with Crippen LogP contribution in [-0.4, -0.2) is 50.5 Å². The molecule has 1 aliphatic carbocycles. The Morgan fingerprint density at radius 3 is 2.57 bits per heavy atom. The van der Waals surface area contributed by atoms with E-state index in [1.807, 2.05) is 64.1 Å². The van der Waals surface area contributed by atoms with Gasteiger partial charge >= 0.3 is 6.09 Å². The van der Waals surface area contributed by atoms with Gasteiger partial charge in [-0.25, -0.2) is 4.79 Å². The van der Waals surface area contributed by atoms with Crippen LogP contribution in [0.5, 0.6) is 5.75 Å². The van der Waals surface area contributed by atoms with Gasteiger partial charge in [-0.15, -0.1) is 4.99 Å². The van der Waals surface area contributed by atoms with Gasteiger partial charge in [-0.2, -0.15) is 0 Å². The van der Waals surface area contributed by atoms with E-state index < -0.39 is 28.9 Å². The number of nitrogens with one attached hydrogen (secondary N) is 2. The lowest BCUT2D eigenvalue weighted by atomic mass is 9.85. The number of carbonyl (C=O) groups excluding carboxylic acids is 3. The van der Waals surface area contributed by atoms with Crippen LogP contribution in [0.2, 0.25) is 0 Å². The molecule has 1 saturated heterocycles. The summed E-state index contributed by atoms with van der Waals surface area (Å²) >= 11 is 0. The number of hydrogen-bond acceptors (Lipinski definition) is 6. The Morgan fingerprint density at radius 1 is 1.18 bits per heavy atom. The van der Waals surface area contributed by atoms with Crippen molar-refractivity contribution >= 4 is 23.9 Å². The fourth-order valence-electron chi connectivity index (χ4n) is 6.46. The molecular formula is C34H45N5O5. The fourth-order valence-corrected chi connectivity index (χ4v) is 6.46. The molecule has 4 atom stereocenters. The number of amides is 3. The highest BCUT2D eigenvalue weighted by Crippen LogP contribution is 2.52. The summed E-state index contributed by atoms with van der Waals surface area (Å²) in [6, 6.07) is 10.8. The molecule has 1 aromatic heterocycles. The molecule has 2 aromatic rings. The number of para-hydroxylation sites is 1. The highest BCUT2D eigenvalue weighted by atomic mass is 16.6. The Kier molecular flexibility index (Phi) is 8.48. The molecule has 0 radical (unpaired) electrons. The number of fused-ring (bicyclic) bond motifs is 1. The smallest absolute Gasteiger partial charge is 0.437 e. The quantitative estimate of drug-likeness (QED) is 0.407. The molecule has 2 aliphatic heterocycles. The first-order valence-electron chi connectivity index (χ1n) is 15.6. The van der Waals surface area contributed by atoms with Crippen LogP contribution in [0.1, 0.15) is 104 Å². The van der Waals surface area contributed by atoms with E-state index in [-0.39, 0.29) is 42.1 Å². The number of pyridine rings is 1. The maximum absolute atomic E-state index is 14.1. The van der Waals surface area contributed by atoms with Crippen LogP contribution in [0.15, 0.2) is 53.8 Å². The summed E-state index contributed by atoms with van der Waals surface area (Å²) in [4.78, 5) is 51.1. The van der Waals surface area contributed by atoms with Gasteiger partial charge in [0.1, 0.15) is 17.0 Å². The zero-order chi connectivity index (χ0) is 31.9. The first-order valence-corrected chi connectivity index (χ1v) is 15.6. The first-order chi connectivity index (χ1) is 20.7. The molecule has 236 valence electrons. The molecule has 0 unspecified atom stereocenters. The number of carbonyl (C=O) groups is 3. The van der Waals surface area contributed by atoms with Crippen molar-refractivity contribution < 1.29 is 23.9 Å². The summed E-state index contributed by atoms with van der Waals surface area (Å²) < 4.78 is 11.7. The van der Waals surface area contributed by atoms with Crippen LogP contribution in [0, 0.1) is 11.8 Å². The van der Waals surface area contributed by atoms with Crippen LogP contribution in [0.4, 0.5) is 4.79 Å². The topological polar surface area (TPSA) is 122 Å². The predicted octanol–water partition coefficient (Wildman–Crippen LogP) is 5.85. The van der Waals surface area contributed by atoms with Crippen molar-refractivity contribution in [2.24, 2.45) is 16.8 Å². The number of rotatable bonds is 7. The average molecular weight is 604 g/mol. The molecule has 2 fully saturated rings. The predicted molar refractivity (Wildman–Crippen MR) is 167 cm³/mol. The first kappa shape index (κ1) is 31.5. The normalized spacial score (nSPS) is 25.2. The number of aromatic nitrogens is 1. The van der Waals surface area contributed by atoms with E-state index >= 15 is 0 Å². The maximum Gasteiger partial charge on any atom is 0.437 e. The summed E-state index contributed by atoms with van der Waals surface area (Å²) in [7, 11) is 0. The highest BCUT2D eigenvalue weighted by Gasteiger charge is 2.54. The molecule has 0 bridgehead atoms. The second kappa shape index (κ2) is 11.9. The summed E-state index contributed by atoms with van der Waals surface area (Å²) in [5, 5.41) is 6.73. The highest BCUT2D eigenvalue weighted by molar-refractivity contribution is 6.04. The van der Waals surface area contributed by atoms with Gasteiger partial charge in [0.25, 0.3) is 0 Å². The number of aliphatic imine (C=N–C) groups is 1. The minimum Gasteiger partial charge on any atom is -0.487 e. The van der Waals surface area contributed by atoms with Gasteiger partial charge in [-0.05, 0) is 77.5 Å². The SMILES string of the molecule is CCC1(CC)CC(=O)N([C@H](c2cccnc2)[C@H]2C[C@@H]2C(=O)N[C@H]2CC(C)(C)Oc3ccccc32)C(=NC(=O)OC(C)(C)C)N1. The summed E-state index contributed by atoms with van der Waals surface area (Å²) in [6.45, 7) is 13.4. The second-order valence-electron chi connectivity index (χ2n) is 13.9. The van der Waals surface area contributed by atoms with Crippen molar-refractivity contribution in [1.82, 2.24) is 20.5 Å². The Labute approximate surface area is 260 Å². The Hall–Kier alpha value is -3.95. The van der Waals surface area contributed by atoms with E-state index in [1.165, 1.54) is 0 Å². The standard InChI is InChI=1S/C34H45N5O5/c1-8-34(9-2)19-27(40)39(30(38-34)37-31(42)44-32(3,4)5)28(21-13-12-16-35-20-21)23-17-24(23)29(41)36-25-18-33(6,7)43-26-15-11-10-14-22(25)26/h10-16,20,23-25,28H,8-9,17-19H2,1-7H3,(H,36,41)(H,37,38,42)/t23-,24-,25-,28+/m0/s1. The largest absolute Gasteiger partial charge is 0.487 e. The van der Waals surface area contributed by atoms with Gasteiger partial charge < -0.3 is 20.1 Å². The van der Waals surface area contributed by atoms with E-state index in [2.05, 4.69) is 20.6 Å². The number of ether oxygens (including phenoxy) is 2. The van der Waals surface area contributed by atoms with Crippen molar-refractivity contribution in [2.45, 2.75) is 109 Å². The third-order valence-corrected chi connectivity index (χ3v) is 8.89. The molecule has 5 rings (SSSR count). The van der Waals surface area contributed by atoms with E-state index in [4.69, 9.17) is 9.47 Å². The van der Waals surface area contributed by atoms with Crippen LogP contribution in [-0.2, 0) is 14.3 Å². The number of guanidine groups is 1. The van der Waals surface area contributed by atoms with Crippen molar-refractivity contribution in [1.29, 1.82) is 0 Å². The Morgan fingerprint density at radius 2 is 1.91 bits per heavy atom. The zero-order valence-corrected chi connectivity index (χ0v) is 26.8. The Bertz CT molecular complexity index is 1430. The molecule has 44 heavy (non-hydrogen) atoms. The van der Waals surface area contributed by atoms with Gasteiger partial charge in [0, 0.05) is 35.8 Å². The average Bonchev–Trinajstić information content (AvgIpc) is 3.74. The van der Waals surface area contributed by atoms with Crippen LogP contribution in [0.25, 0.3) is 0 Å². The van der Waals surface area contributed by atoms with Crippen molar-refractivity contribution in [3.05, 3.63) is 59.9 Å². The van der Waals surface area contributed by atoms with E-state index in [1.54, 1.807) is 38.1 Å². The molecule has 3 amide bonds. The summed E-state index contributed by atoms with van der Waals surface area (Å²) in [5.74, 6) is 0.165. The van der Waals surface area contributed by atoms with Crippen molar-refractivity contribution in [3.63, 3.8) is 0 Å². The monoisotopic (exact) mass is 603 g/mol. The van der Waals surface area contributed by atoms with Gasteiger partial charge in [-0.3, -0.25) is 19.5 Å². The van der Waals surface area contributed by atoms with Crippen molar-refractivity contribution in [3.8, 4) is 5.75 Å². The van der Waals surface area contributed by atoms with Crippen molar-refractivity contribution in [2.75, 3.05) is 0 Å².